The Balaban J connectivity index is 2.51. The predicted molar refractivity (Wildman–Crippen MR) is 61.8 cm³/mol. The second kappa shape index (κ2) is 3.63. The third kappa shape index (κ3) is 1.56. The summed E-state index contributed by atoms with van der Waals surface area (Å²) in [5.74, 6) is 0.639. The van der Waals surface area contributed by atoms with Gasteiger partial charge in [-0.1, -0.05) is 12.1 Å². The van der Waals surface area contributed by atoms with Gasteiger partial charge in [0.1, 0.15) is 10.9 Å². The fraction of sp³-hybridized carbons (Fsp3) is 0.333. The van der Waals surface area contributed by atoms with Gasteiger partial charge in [0.15, 0.2) is 11.5 Å². The van der Waals surface area contributed by atoms with Crippen molar-refractivity contribution < 1.29 is 9.15 Å². The highest BCUT2D eigenvalue weighted by molar-refractivity contribution is 5.84. The summed E-state index contributed by atoms with van der Waals surface area (Å²) in [4.78, 5) is 4.37. The molecule has 1 heterocycles. The first-order valence-corrected chi connectivity index (χ1v) is 5.05. The number of rotatable bonds is 2. The highest BCUT2D eigenvalue weighted by Crippen LogP contribution is 2.27. The Morgan fingerprint density at radius 1 is 1.38 bits per heavy atom. The number of methoxy groups -OCH3 is 1. The summed E-state index contributed by atoms with van der Waals surface area (Å²) in [7, 11) is 1.48. The van der Waals surface area contributed by atoms with Crippen molar-refractivity contribution >= 4 is 17.0 Å². The van der Waals surface area contributed by atoms with E-state index in [1.165, 1.54) is 7.11 Å². The zero-order valence-corrected chi connectivity index (χ0v) is 9.57. The molecule has 4 heteroatoms. The Morgan fingerprint density at radius 2 is 2.06 bits per heavy atom. The molecule has 84 valence electrons. The zero-order chi connectivity index (χ0) is 11.8. The third-order valence-corrected chi connectivity index (χ3v) is 2.60. The first-order chi connectivity index (χ1) is 7.55. The molecule has 0 aliphatic heterocycles. The van der Waals surface area contributed by atoms with Crippen molar-refractivity contribution in [1.29, 1.82) is 5.41 Å². The van der Waals surface area contributed by atoms with Gasteiger partial charge in [0.05, 0.1) is 7.11 Å². The molecule has 0 atom stereocenters. The van der Waals surface area contributed by atoms with Gasteiger partial charge >= 0.3 is 0 Å². The van der Waals surface area contributed by atoms with Crippen LogP contribution in [0.1, 0.15) is 19.7 Å². The van der Waals surface area contributed by atoms with Crippen LogP contribution < -0.4 is 0 Å². The van der Waals surface area contributed by atoms with Gasteiger partial charge in [-0.05, 0) is 26.0 Å². The van der Waals surface area contributed by atoms with E-state index in [1.54, 1.807) is 0 Å². The van der Waals surface area contributed by atoms with E-state index in [-0.39, 0.29) is 5.90 Å². The van der Waals surface area contributed by atoms with Gasteiger partial charge in [0.25, 0.3) is 0 Å². The summed E-state index contributed by atoms with van der Waals surface area (Å²) in [6.07, 6.45) is 0. The standard InChI is InChI=1S/C12H14N2O2/c1-12(2,10(13)15-3)11-14-8-6-4-5-7-9(8)16-11/h4-7,13H,1-3H3. The Labute approximate surface area is 93.8 Å². The number of fused-ring (bicyclic) bond motifs is 1. The van der Waals surface area contributed by atoms with Crippen molar-refractivity contribution in [3.63, 3.8) is 0 Å². The van der Waals surface area contributed by atoms with Crippen LogP contribution in [0, 0.1) is 5.41 Å². The first kappa shape index (κ1) is 10.7. The molecule has 0 unspecified atom stereocenters. The number of hydrogen-bond donors (Lipinski definition) is 1. The minimum atomic E-state index is -0.645. The molecule has 4 nitrogen and oxygen atoms in total. The molecule has 0 saturated heterocycles. The average molecular weight is 218 g/mol. The molecular weight excluding hydrogens is 204 g/mol. The average Bonchev–Trinajstić information content (AvgIpc) is 2.72. The van der Waals surface area contributed by atoms with E-state index in [9.17, 15) is 0 Å². The Hall–Kier alpha value is -1.84. The fourth-order valence-electron chi connectivity index (χ4n) is 1.49. The largest absolute Gasteiger partial charge is 0.484 e. The fourth-order valence-corrected chi connectivity index (χ4v) is 1.49. The van der Waals surface area contributed by atoms with Gasteiger partial charge in [-0.25, -0.2) is 4.98 Å². The normalized spacial score (nSPS) is 11.7. The van der Waals surface area contributed by atoms with Crippen molar-refractivity contribution in [1.82, 2.24) is 4.98 Å². The highest BCUT2D eigenvalue weighted by atomic mass is 16.5. The number of nitrogens with one attached hydrogen (secondary N) is 1. The van der Waals surface area contributed by atoms with Crippen LogP contribution in [0.25, 0.3) is 11.1 Å². The molecule has 0 radical (unpaired) electrons. The molecule has 0 bridgehead atoms. The highest BCUT2D eigenvalue weighted by Gasteiger charge is 2.33. The SMILES string of the molecule is COC(=N)C(C)(C)c1nc2ccccc2o1. The van der Waals surface area contributed by atoms with E-state index in [4.69, 9.17) is 14.6 Å². The molecule has 1 N–H and O–H groups in total. The van der Waals surface area contributed by atoms with Crippen LogP contribution in [-0.2, 0) is 10.2 Å². The molecule has 0 spiro atoms. The monoisotopic (exact) mass is 218 g/mol. The zero-order valence-electron chi connectivity index (χ0n) is 9.57. The van der Waals surface area contributed by atoms with Crippen molar-refractivity contribution in [2.45, 2.75) is 19.3 Å². The van der Waals surface area contributed by atoms with Crippen LogP contribution in [0.5, 0.6) is 0 Å². The summed E-state index contributed by atoms with van der Waals surface area (Å²) in [6, 6.07) is 7.54. The lowest BCUT2D eigenvalue weighted by Crippen LogP contribution is -2.29. The molecule has 0 aliphatic rings. The van der Waals surface area contributed by atoms with Gasteiger partial charge in [-0.3, -0.25) is 5.41 Å². The number of oxazole rings is 1. The molecule has 0 aliphatic carbocycles. The van der Waals surface area contributed by atoms with E-state index in [1.807, 2.05) is 38.1 Å². The molecule has 0 saturated carbocycles. The third-order valence-electron chi connectivity index (χ3n) is 2.60. The van der Waals surface area contributed by atoms with E-state index in [2.05, 4.69) is 4.98 Å². The van der Waals surface area contributed by atoms with Gasteiger partial charge in [-0.2, -0.15) is 0 Å². The van der Waals surface area contributed by atoms with E-state index < -0.39 is 5.41 Å². The minimum Gasteiger partial charge on any atom is -0.484 e. The molecule has 2 rings (SSSR count). The second-order valence-corrected chi connectivity index (χ2v) is 4.14. The number of hydrogen-bond acceptors (Lipinski definition) is 4. The molecular formula is C12H14N2O2. The summed E-state index contributed by atoms with van der Waals surface area (Å²) in [5, 5.41) is 7.73. The smallest absolute Gasteiger partial charge is 0.210 e. The molecule has 1 aromatic heterocycles. The van der Waals surface area contributed by atoms with Crippen molar-refractivity contribution in [2.24, 2.45) is 0 Å². The van der Waals surface area contributed by atoms with Gasteiger partial charge < -0.3 is 9.15 Å². The van der Waals surface area contributed by atoms with Crippen molar-refractivity contribution in [2.75, 3.05) is 7.11 Å². The minimum absolute atomic E-state index is 0.138. The Morgan fingerprint density at radius 3 is 2.69 bits per heavy atom. The molecule has 2 aromatic rings. The quantitative estimate of drug-likeness (QED) is 0.622. The first-order valence-electron chi connectivity index (χ1n) is 5.05. The van der Waals surface area contributed by atoms with E-state index in [0.29, 0.717) is 5.89 Å². The topological polar surface area (TPSA) is 59.1 Å². The number of aromatic nitrogens is 1. The predicted octanol–water partition coefficient (Wildman–Crippen LogP) is 2.73. The Bertz CT molecular complexity index is 496. The maximum Gasteiger partial charge on any atom is 0.210 e. The number of nitrogens with zero attached hydrogens (tertiary/aromatic N) is 1. The molecule has 1 aromatic carbocycles. The Kier molecular flexibility index (Phi) is 2.42. The van der Waals surface area contributed by atoms with Crippen LogP contribution in [-0.4, -0.2) is 18.0 Å². The van der Waals surface area contributed by atoms with Crippen LogP contribution in [0.4, 0.5) is 0 Å². The lowest BCUT2D eigenvalue weighted by atomic mass is 9.93. The summed E-state index contributed by atoms with van der Waals surface area (Å²) in [5.41, 5.74) is 0.886. The van der Waals surface area contributed by atoms with Crippen LogP contribution in [0.2, 0.25) is 0 Å². The van der Waals surface area contributed by atoms with Crippen LogP contribution in [0.3, 0.4) is 0 Å². The van der Waals surface area contributed by atoms with E-state index >= 15 is 0 Å². The molecule has 0 amide bonds. The van der Waals surface area contributed by atoms with Gasteiger partial charge in [0, 0.05) is 0 Å². The molecule has 16 heavy (non-hydrogen) atoms. The summed E-state index contributed by atoms with van der Waals surface area (Å²) < 4.78 is 10.6. The second-order valence-electron chi connectivity index (χ2n) is 4.14. The molecule has 0 fully saturated rings. The number of para-hydroxylation sites is 2. The maximum absolute atomic E-state index is 7.73. The maximum atomic E-state index is 7.73. The summed E-state index contributed by atoms with van der Waals surface area (Å²) >= 11 is 0. The van der Waals surface area contributed by atoms with Gasteiger partial charge in [0.2, 0.25) is 5.89 Å². The van der Waals surface area contributed by atoms with Crippen molar-refractivity contribution in [3.05, 3.63) is 30.2 Å². The lowest BCUT2D eigenvalue weighted by Gasteiger charge is -2.19. The van der Waals surface area contributed by atoms with Crippen LogP contribution in [0.15, 0.2) is 28.7 Å². The van der Waals surface area contributed by atoms with Crippen LogP contribution >= 0.6 is 0 Å². The summed E-state index contributed by atoms with van der Waals surface area (Å²) in [6.45, 7) is 3.70. The lowest BCUT2D eigenvalue weighted by molar-refractivity contribution is 0.332. The number of ether oxygens (including phenoxy) is 1. The van der Waals surface area contributed by atoms with Crippen molar-refractivity contribution in [3.8, 4) is 0 Å². The number of benzene rings is 1. The van der Waals surface area contributed by atoms with E-state index in [0.717, 1.165) is 11.1 Å². The van der Waals surface area contributed by atoms with Gasteiger partial charge in [-0.15, -0.1) is 0 Å².